The number of nitrogens with zero attached hydrogens (tertiary/aromatic N) is 2. The van der Waals surface area contributed by atoms with E-state index in [9.17, 15) is 0 Å². The molecule has 2 heterocycles. The van der Waals surface area contributed by atoms with E-state index in [2.05, 4.69) is 234 Å². The van der Waals surface area contributed by atoms with Crippen LogP contribution in [0.25, 0.3) is 77.6 Å². The predicted molar refractivity (Wildman–Crippen MR) is 256 cm³/mol. The van der Waals surface area contributed by atoms with Crippen molar-refractivity contribution in [2.24, 2.45) is 0 Å². The fourth-order valence-corrected chi connectivity index (χ4v) is 9.56. The minimum absolute atomic E-state index is 0.294. The molecule has 0 spiro atoms. The van der Waals surface area contributed by atoms with Gasteiger partial charge in [-0.15, -0.1) is 0 Å². The van der Waals surface area contributed by atoms with E-state index >= 15 is 0 Å². The van der Waals surface area contributed by atoms with Crippen LogP contribution in [-0.2, 0) is 6.42 Å². The third-order valence-corrected chi connectivity index (χ3v) is 12.5. The Morgan fingerprint density at radius 2 is 1.10 bits per heavy atom. The molecular weight excluding hydrogens is 741 g/mol. The van der Waals surface area contributed by atoms with Crippen molar-refractivity contribution in [2.45, 2.75) is 12.3 Å². The number of anilines is 3. The van der Waals surface area contributed by atoms with Gasteiger partial charge in [-0.05, 0) is 100 Å². The Kier molecular flexibility index (Phi) is 8.31. The first-order valence-electron chi connectivity index (χ1n) is 21.1. The smallest absolute Gasteiger partial charge is 0.143 e. The number of aromatic nitrogens is 1. The lowest BCUT2D eigenvalue weighted by atomic mass is 9.88. The average Bonchev–Trinajstić information content (AvgIpc) is 3.88. The molecule has 0 radical (unpaired) electrons. The zero-order valence-corrected chi connectivity index (χ0v) is 33.4. The molecule has 9 aromatic carbocycles. The van der Waals surface area contributed by atoms with E-state index in [1.54, 1.807) is 0 Å². The molecule has 288 valence electrons. The van der Waals surface area contributed by atoms with Gasteiger partial charge in [-0.1, -0.05) is 164 Å². The maximum atomic E-state index is 6.76. The molecule has 1 aliphatic carbocycles. The largest absolute Gasteiger partial charge is 0.455 e. The van der Waals surface area contributed by atoms with Gasteiger partial charge >= 0.3 is 0 Å². The van der Waals surface area contributed by atoms with Crippen molar-refractivity contribution in [1.29, 1.82) is 0 Å². The summed E-state index contributed by atoms with van der Waals surface area (Å²) < 4.78 is 9.26. The Morgan fingerprint density at radius 1 is 0.475 bits per heavy atom. The van der Waals surface area contributed by atoms with Crippen LogP contribution in [0.15, 0.2) is 223 Å². The standard InChI is InChI=1S/C58H40N2O/c1-3-13-39(14-4-1)42-23-29-46(30-24-42)59(48-33-25-41-17-7-8-18-44(41)35-48)47-31-26-43(27-32-47)53-37-49(38-54-52-20-10-12-22-57(52)61-58(53)54)60-55-21-11-9-19-50(55)51-34-28-45(36-56(51)60)40-15-5-2-6-16-40/h1-35,37-38,45H,36H2. The summed E-state index contributed by atoms with van der Waals surface area (Å²) in [5, 5.41) is 5.93. The number of benzene rings is 9. The molecule has 1 unspecified atom stereocenters. The number of rotatable bonds is 7. The Labute approximate surface area is 354 Å². The molecule has 0 saturated carbocycles. The Morgan fingerprint density at radius 3 is 1.89 bits per heavy atom. The highest BCUT2D eigenvalue weighted by molar-refractivity contribution is 6.11. The van der Waals surface area contributed by atoms with Crippen LogP contribution < -0.4 is 4.90 Å². The summed E-state index contributed by atoms with van der Waals surface area (Å²) in [5.74, 6) is 0.294. The molecule has 11 aromatic rings. The second kappa shape index (κ2) is 14.4. The zero-order valence-electron chi connectivity index (χ0n) is 33.4. The lowest BCUT2D eigenvalue weighted by Crippen LogP contribution is -2.10. The molecule has 3 heteroatoms. The number of allylic oxidation sites excluding steroid dienone is 1. The number of fused-ring (bicyclic) bond motifs is 7. The third kappa shape index (κ3) is 6.05. The van der Waals surface area contributed by atoms with Gasteiger partial charge in [0.1, 0.15) is 11.2 Å². The van der Waals surface area contributed by atoms with Crippen LogP contribution >= 0.6 is 0 Å². The van der Waals surface area contributed by atoms with E-state index in [1.807, 2.05) is 0 Å². The molecule has 0 saturated heterocycles. The van der Waals surface area contributed by atoms with Gasteiger partial charge in [0.15, 0.2) is 0 Å². The van der Waals surface area contributed by atoms with E-state index in [0.29, 0.717) is 5.92 Å². The van der Waals surface area contributed by atoms with Gasteiger partial charge in [0.25, 0.3) is 0 Å². The topological polar surface area (TPSA) is 21.3 Å². The molecule has 0 amide bonds. The Balaban J connectivity index is 1.01. The van der Waals surface area contributed by atoms with Crippen LogP contribution in [-0.4, -0.2) is 4.57 Å². The van der Waals surface area contributed by atoms with E-state index in [-0.39, 0.29) is 0 Å². The van der Waals surface area contributed by atoms with Crippen molar-refractivity contribution in [1.82, 2.24) is 4.57 Å². The summed E-state index contributed by atoms with van der Waals surface area (Å²) in [6.45, 7) is 0. The van der Waals surface area contributed by atoms with Crippen LogP contribution in [0, 0.1) is 0 Å². The van der Waals surface area contributed by atoms with Crippen LogP contribution in [0.1, 0.15) is 22.7 Å². The third-order valence-electron chi connectivity index (χ3n) is 12.5. The van der Waals surface area contributed by atoms with Gasteiger partial charge in [-0.3, -0.25) is 0 Å². The Bertz CT molecular complexity index is 3430. The quantitative estimate of drug-likeness (QED) is 0.161. The number of furan rings is 1. The fourth-order valence-electron chi connectivity index (χ4n) is 9.56. The molecule has 61 heavy (non-hydrogen) atoms. The fraction of sp³-hybridized carbons (Fsp3) is 0.0345. The molecule has 1 aliphatic rings. The molecule has 1 atom stereocenters. The lowest BCUT2D eigenvalue weighted by molar-refractivity contribution is 0.670. The first-order valence-corrected chi connectivity index (χ1v) is 21.1. The van der Waals surface area contributed by atoms with Gasteiger partial charge in [0.2, 0.25) is 0 Å². The number of para-hydroxylation sites is 2. The SMILES string of the molecule is C1=CC(c2ccccc2)Cc2c1c1ccccc1n2-c1cc(-c2ccc(N(c3ccc(-c4ccccc4)cc3)c3ccc4ccccc4c3)cc2)c2oc3ccccc3c2c1. The molecule has 12 rings (SSSR count). The van der Waals surface area contributed by atoms with E-state index in [4.69, 9.17) is 4.42 Å². The summed E-state index contributed by atoms with van der Waals surface area (Å²) in [5.41, 5.74) is 15.9. The van der Waals surface area contributed by atoms with Crippen molar-refractivity contribution >= 4 is 66.8 Å². The summed E-state index contributed by atoms with van der Waals surface area (Å²) >= 11 is 0. The monoisotopic (exact) mass is 780 g/mol. The van der Waals surface area contributed by atoms with Gasteiger partial charge in [-0.2, -0.15) is 0 Å². The van der Waals surface area contributed by atoms with E-state index in [0.717, 1.165) is 62.2 Å². The maximum Gasteiger partial charge on any atom is 0.143 e. The van der Waals surface area contributed by atoms with E-state index < -0.39 is 0 Å². The molecule has 3 nitrogen and oxygen atoms in total. The van der Waals surface area contributed by atoms with Crippen molar-refractivity contribution in [2.75, 3.05) is 4.90 Å². The normalized spacial score (nSPS) is 13.6. The van der Waals surface area contributed by atoms with Crippen LogP contribution in [0.5, 0.6) is 0 Å². The minimum atomic E-state index is 0.294. The van der Waals surface area contributed by atoms with E-state index in [1.165, 1.54) is 49.6 Å². The summed E-state index contributed by atoms with van der Waals surface area (Å²) in [6, 6.07) is 76.6. The summed E-state index contributed by atoms with van der Waals surface area (Å²) in [6.07, 6.45) is 5.64. The molecule has 0 aliphatic heterocycles. The average molecular weight is 781 g/mol. The number of hydrogen-bond donors (Lipinski definition) is 0. The van der Waals surface area contributed by atoms with Gasteiger partial charge in [-0.25, -0.2) is 0 Å². The predicted octanol–water partition coefficient (Wildman–Crippen LogP) is 15.8. The highest BCUT2D eigenvalue weighted by Gasteiger charge is 2.25. The van der Waals surface area contributed by atoms with Gasteiger partial charge < -0.3 is 13.9 Å². The lowest BCUT2D eigenvalue weighted by Gasteiger charge is -2.26. The molecular formula is C58H40N2O. The first-order chi connectivity index (χ1) is 30.2. The van der Waals surface area contributed by atoms with Gasteiger partial charge in [0, 0.05) is 61.6 Å². The number of hydrogen-bond acceptors (Lipinski definition) is 2. The zero-order chi connectivity index (χ0) is 40.3. The minimum Gasteiger partial charge on any atom is -0.455 e. The van der Waals surface area contributed by atoms with Crippen LogP contribution in [0.2, 0.25) is 0 Å². The summed E-state index contributed by atoms with van der Waals surface area (Å²) in [7, 11) is 0. The molecule has 0 N–H and O–H groups in total. The van der Waals surface area contributed by atoms with Crippen LogP contribution in [0.4, 0.5) is 17.1 Å². The van der Waals surface area contributed by atoms with Crippen molar-refractivity contribution < 1.29 is 4.42 Å². The van der Waals surface area contributed by atoms with Crippen molar-refractivity contribution in [3.05, 3.63) is 235 Å². The molecule has 0 fully saturated rings. The second-order valence-corrected chi connectivity index (χ2v) is 16.1. The second-order valence-electron chi connectivity index (χ2n) is 16.1. The van der Waals surface area contributed by atoms with Gasteiger partial charge in [0.05, 0.1) is 5.52 Å². The highest BCUT2D eigenvalue weighted by Crippen LogP contribution is 2.44. The first kappa shape index (κ1) is 35.1. The Hall–Kier alpha value is -7.88. The maximum absolute atomic E-state index is 6.76. The summed E-state index contributed by atoms with van der Waals surface area (Å²) in [4.78, 5) is 2.35. The van der Waals surface area contributed by atoms with Crippen molar-refractivity contribution in [3.63, 3.8) is 0 Å². The van der Waals surface area contributed by atoms with Crippen molar-refractivity contribution in [3.8, 4) is 27.9 Å². The highest BCUT2D eigenvalue weighted by atomic mass is 16.3. The molecule has 2 aromatic heterocycles. The molecule has 0 bridgehead atoms. The van der Waals surface area contributed by atoms with Crippen LogP contribution in [0.3, 0.4) is 0 Å².